The number of aromatic nitrogens is 2. The van der Waals surface area contributed by atoms with Crippen LogP contribution >= 0.6 is 0 Å². The van der Waals surface area contributed by atoms with Gasteiger partial charge in [-0.3, -0.25) is 4.68 Å². The van der Waals surface area contributed by atoms with Crippen LogP contribution in [-0.4, -0.2) is 28.6 Å². The third kappa shape index (κ3) is 3.94. The summed E-state index contributed by atoms with van der Waals surface area (Å²) >= 11 is 0. The Kier molecular flexibility index (Phi) is 5.49. The van der Waals surface area contributed by atoms with Gasteiger partial charge in [0.15, 0.2) is 0 Å². The van der Waals surface area contributed by atoms with Crippen LogP contribution in [0.2, 0.25) is 0 Å². The van der Waals surface area contributed by atoms with Crippen LogP contribution in [0.5, 0.6) is 0 Å². The highest BCUT2D eigenvalue weighted by atomic mass is 16.5. The third-order valence-corrected chi connectivity index (χ3v) is 2.57. The van der Waals surface area contributed by atoms with Gasteiger partial charge in [0.2, 0.25) is 0 Å². The van der Waals surface area contributed by atoms with Crippen LogP contribution in [0.1, 0.15) is 38.4 Å². The number of hydrogen-bond donors (Lipinski definition) is 1. The first-order valence-corrected chi connectivity index (χ1v) is 5.86. The maximum atomic E-state index is 9.99. The Morgan fingerprint density at radius 3 is 2.94 bits per heavy atom. The van der Waals surface area contributed by atoms with Gasteiger partial charge in [-0.1, -0.05) is 13.8 Å². The molecule has 92 valence electrons. The molecule has 0 spiro atoms. The fourth-order valence-electron chi connectivity index (χ4n) is 1.77. The number of hydrogen-bond acceptors (Lipinski definition) is 3. The number of nitrogens with zero attached hydrogens (tertiary/aromatic N) is 2. The van der Waals surface area contributed by atoms with E-state index in [0.717, 1.165) is 18.5 Å². The standard InChI is InChI=1S/C12H22N2O2/c1-4-5-14-8-11(7-13-14)12(15)6-10(2)9-16-3/h7-8,10,12,15H,4-6,9H2,1-3H3. The zero-order valence-electron chi connectivity index (χ0n) is 10.4. The summed E-state index contributed by atoms with van der Waals surface area (Å²) < 4.78 is 6.93. The van der Waals surface area contributed by atoms with E-state index in [1.165, 1.54) is 0 Å². The monoisotopic (exact) mass is 226 g/mol. The van der Waals surface area contributed by atoms with Gasteiger partial charge in [-0.25, -0.2) is 0 Å². The molecule has 0 radical (unpaired) electrons. The quantitative estimate of drug-likeness (QED) is 0.773. The number of aryl methyl sites for hydroxylation is 1. The highest BCUT2D eigenvalue weighted by molar-refractivity contribution is 5.07. The first-order valence-electron chi connectivity index (χ1n) is 5.86. The van der Waals surface area contributed by atoms with Crippen molar-refractivity contribution in [3.05, 3.63) is 18.0 Å². The minimum absolute atomic E-state index is 0.356. The normalized spacial score (nSPS) is 15.0. The van der Waals surface area contributed by atoms with Gasteiger partial charge in [0.25, 0.3) is 0 Å². The predicted octanol–water partition coefficient (Wildman–Crippen LogP) is 2.00. The minimum atomic E-state index is -0.434. The smallest absolute Gasteiger partial charge is 0.0823 e. The van der Waals surface area contributed by atoms with Gasteiger partial charge < -0.3 is 9.84 Å². The van der Waals surface area contributed by atoms with E-state index in [-0.39, 0.29) is 0 Å². The Hall–Kier alpha value is -0.870. The molecule has 0 bridgehead atoms. The van der Waals surface area contributed by atoms with Crippen LogP contribution in [0.4, 0.5) is 0 Å². The molecule has 0 fully saturated rings. The van der Waals surface area contributed by atoms with Crippen molar-refractivity contribution in [1.82, 2.24) is 9.78 Å². The summed E-state index contributed by atoms with van der Waals surface area (Å²) in [4.78, 5) is 0. The second-order valence-electron chi connectivity index (χ2n) is 4.35. The van der Waals surface area contributed by atoms with E-state index in [9.17, 15) is 5.11 Å². The summed E-state index contributed by atoms with van der Waals surface area (Å²) in [6.45, 7) is 5.77. The first kappa shape index (κ1) is 13.2. The van der Waals surface area contributed by atoms with Gasteiger partial charge in [0, 0.05) is 32.0 Å². The number of aliphatic hydroxyl groups excluding tert-OH is 1. The Morgan fingerprint density at radius 2 is 2.31 bits per heavy atom. The lowest BCUT2D eigenvalue weighted by Gasteiger charge is -2.14. The predicted molar refractivity (Wildman–Crippen MR) is 63.1 cm³/mol. The fourth-order valence-corrected chi connectivity index (χ4v) is 1.77. The number of ether oxygens (including phenoxy) is 1. The molecule has 16 heavy (non-hydrogen) atoms. The van der Waals surface area contributed by atoms with Gasteiger partial charge in [-0.2, -0.15) is 5.10 Å². The zero-order chi connectivity index (χ0) is 12.0. The van der Waals surface area contributed by atoms with Gasteiger partial charge in [0.1, 0.15) is 0 Å². The summed E-state index contributed by atoms with van der Waals surface area (Å²) in [5, 5.41) is 14.2. The molecule has 1 heterocycles. The molecule has 0 saturated carbocycles. The average molecular weight is 226 g/mol. The molecule has 0 aliphatic carbocycles. The molecule has 2 atom stereocenters. The Morgan fingerprint density at radius 1 is 1.56 bits per heavy atom. The Balaban J connectivity index is 2.48. The van der Waals surface area contributed by atoms with Gasteiger partial charge in [-0.05, 0) is 18.8 Å². The molecular weight excluding hydrogens is 204 g/mol. The van der Waals surface area contributed by atoms with Crippen LogP contribution < -0.4 is 0 Å². The lowest BCUT2D eigenvalue weighted by atomic mass is 10.0. The summed E-state index contributed by atoms with van der Waals surface area (Å²) in [6, 6.07) is 0. The van der Waals surface area contributed by atoms with Gasteiger partial charge in [0.05, 0.1) is 12.3 Å². The highest BCUT2D eigenvalue weighted by Gasteiger charge is 2.14. The average Bonchev–Trinajstić information content (AvgIpc) is 2.67. The van der Waals surface area contributed by atoms with Crippen molar-refractivity contribution >= 4 is 0 Å². The highest BCUT2D eigenvalue weighted by Crippen LogP contribution is 2.20. The van der Waals surface area contributed by atoms with Crippen molar-refractivity contribution in [1.29, 1.82) is 0 Å². The minimum Gasteiger partial charge on any atom is -0.388 e. The molecule has 4 heteroatoms. The molecule has 4 nitrogen and oxygen atoms in total. The number of rotatable bonds is 7. The van der Waals surface area contributed by atoms with Gasteiger partial charge >= 0.3 is 0 Å². The molecule has 0 aromatic carbocycles. The topological polar surface area (TPSA) is 47.3 Å². The molecule has 1 rings (SSSR count). The summed E-state index contributed by atoms with van der Waals surface area (Å²) in [6.07, 6.45) is 5.01. The van der Waals surface area contributed by atoms with E-state index in [1.807, 2.05) is 10.9 Å². The largest absolute Gasteiger partial charge is 0.388 e. The lowest BCUT2D eigenvalue weighted by molar-refractivity contribution is 0.102. The van der Waals surface area contributed by atoms with Crippen LogP contribution in [0.15, 0.2) is 12.4 Å². The number of methoxy groups -OCH3 is 1. The molecule has 2 unspecified atom stereocenters. The second-order valence-corrected chi connectivity index (χ2v) is 4.35. The van der Waals surface area contributed by atoms with Crippen molar-refractivity contribution < 1.29 is 9.84 Å². The van der Waals surface area contributed by atoms with E-state index < -0.39 is 6.10 Å². The summed E-state index contributed by atoms with van der Waals surface area (Å²) in [5.74, 6) is 0.356. The van der Waals surface area contributed by atoms with Crippen LogP contribution in [0.3, 0.4) is 0 Å². The summed E-state index contributed by atoms with van der Waals surface area (Å²) in [7, 11) is 1.68. The van der Waals surface area contributed by atoms with Crippen LogP contribution in [0, 0.1) is 5.92 Å². The first-order chi connectivity index (χ1) is 7.67. The molecule has 1 N–H and O–H groups in total. The van der Waals surface area contributed by atoms with Crippen LogP contribution in [0.25, 0.3) is 0 Å². The SMILES string of the molecule is CCCn1cc(C(O)CC(C)COC)cn1. The third-order valence-electron chi connectivity index (χ3n) is 2.57. The maximum Gasteiger partial charge on any atom is 0.0823 e. The van der Waals surface area contributed by atoms with E-state index in [4.69, 9.17) is 4.74 Å². The number of aliphatic hydroxyl groups is 1. The van der Waals surface area contributed by atoms with Crippen molar-refractivity contribution in [3.63, 3.8) is 0 Å². The van der Waals surface area contributed by atoms with E-state index in [1.54, 1.807) is 13.3 Å². The van der Waals surface area contributed by atoms with Crippen molar-refractivity contribution in [3.8, 4) is 0 Å². The van der Waals surface area contributed by atoms with Crippen LogP contribution in [-0.2, 0) is 11.3 Å². The van der Waals surface area contributed by atoms with E-state index in [0.29, 0.717) is 18.9 Å². The molecule has 0 aliphatic heterocycles. The molecule has 0 amide bonds. The van der Waals surface area contributed by atoms with E-state index >= 15 is 0 Å². The molecule has 1 aromatic rings. The summed E-state index contributed by atoms with van der Waals surface area (Å²) in [5.41, 5.74) is 0.899. The Labute approximate surface area is 97.2 Å². The molecular formula is C12H22N2O2. The van der Waals surface area contributed by atoms with Crippen molar-refractivity contribution in [2.45, 2.75) is 39.3 Å². The van der Waals surface area contributed by atoms with Crippen molar-refractivity contribution in [2.24, 2.45) is 5.92 Å². The second kappa shape index (κ2) is 6.66. The van der Waals surface area contributed by atoms with E-state index in [2.05, 4.69) is 18.9 Å². The zero-order valence-corrected chi connectivity index (χ0v) is 10.4. The Bertz CT molecular complexity index is 299. The molecule has 0 aliphatic rings. The van der Waals surface area contributed by atoms with Crippen molar-refractivity contribution in [2.75, 3.05) is 13.7 Å². The lowest BCUT2D eigenvalue weighted by Crippen LogP contribution is -2.09. The molecule has 1 aromatic heterocycles. The van der Waals surface area contributed by atoms with Gasteiger partial charge in [-0.15, -0.1) is 0 Å². The molecule has 0 saturated heterocycles. The maximum absolute atomic E-state index is 9.99. The fraction of sp³-hybridized carbons (Fsp3) is 0.750.